The lowest BCUT2D eigenvalue weighted by Crippen LogP contribution is -2.33. The molecule has 1 aromatic carbocycles. The van der Waals surface area contributed by atoms with Gasteiger partial charge < -0.3 is 20.3 Å². The van der Waals surface area contributed by atoms with Gasteiger partial charge in [-0.15, -0.1) is 11.3 Å². The molecule has 5 heterocycles. The van der Waals surface area contributed by atoms with E-state index >= 15 is 0 Å². The van der Waals surface area contributed by atoms with Crippen LogP contribution in [0.3, 0.4) is 0 Å². The molecule has 222 valence electrons. The number of benzene rings is 1. The van der Waals surface area contributed by atoms with Crippen molar-refractivity contribution in [3.8, 4) is 0 Å². The maximum Gasteiger partial charge on any atom is 0.276 e. The lowest BCUT2D eigenvalue weighted by Gasteiger charge is -2.24. The van der Waals surface area contributed by atoms with Crippen LogP contribution in [0.25, 0.3) is 11.0 Å². The molecule has 3 N–H and O–H groups in total. The summed E-state index contributed by atoms with van der Waals surface area (Å²) in [5.74, 6) is 0.930. The van der Waals surface area contributed by atoms with E-state index in [0.717, 1.165) is 62.3 Å². The second kappa shape index (κ2) is 12.8. The molecule has 10 heteroatoms. The smallest absolute Gasteiger partial charge is 0.276 e. The number of aromatic nitrogens is 3. The van der Waals surface area contributed by atoms with Gasteiger partial charge in [-0.05, 0) is 99.7 Å². The first-order valence-electron chi connectivity index (χ1n) is 15.2. The molecule has 2 unspecified atom stereocenters. The van der Waals surface area contributed by atoms with Gasteiger partial charge in [0.15, 0.2) is 0 Å². The molecular formula is C32H41N7O2S. The Hall–Kier alpha value is -3.47. The third kappa shape index (κ3) is 6.16. The van der Waals surface area contributed by atoms with Gasteiger partial charge in [0.2, 0.25) is 5.95 Å². The van der Waals surface area contributed by atoms with Crippen LogP contribution < -0.4 is 26.4 Å². The highest BCUT2D eigenvalue weighted by Crippen LogP contribution is 2.33. The summed E-state index contributed by atoms with van der Waals surface area (Å²) in [5.41, 5.74) is 4.60. The zero-order chi connectivity index (χ0) is 29.1. The predicted molar refractivity (Wildman–Crippen MR) is 173 cm³/mol. The van der Waals surface area contributed by atoms with E-state index in [4.69, 9.17) is 9.72 Å². The van der Waals surface area contributed by atoms with Crippen LogP contribution >= 0.6 is 11.3 Å². The number of hydrogen-bond acceptors (Lipinski definition) is 9. The summed E-state index contributed by atoms with van der Waals surface area (Å²) in [5, 5.41) is 13.5. The minimum absolute atomic E-state index is 0.0209. The summed E-state index contributed by atoms with van der Waals surface area (Å²) >= 11 is 1.72. The standard InChI is InChI=1S/C32H41N7O2S/c1-4-38(5-2)27-18-23-19-33-32(36-25-9-7-24(8-10-25)35-29-11-6-21(3)34-29)37-30(23)39(31(27)40)20-28-26(14-17-42-28)22-12-15-41-16-13-22/h7-10,14,17-19,21-22,29,34-35H,4-6,11-13,15-16,20H2,1-3H3,(H,33,36,37). The minimum Gasteiger partial charge on any atom is -0.381 e. The number of fused-ring (bicyclic) bond motifs is 1. The first kappa shape index (κ1) is 28.6. The zero-order valence-electron chi connectivity index (χ0n) is 24.7. The molecule has 2 atom stereocenters. The number of hydrogen-bond donors (Lipinski definition) is 3. The molecule has 4 aromatic rings. The molecule has 2 aliphatic heterocycles. The maximum atomic E-state index is 14.0. The lowest BCUT2D eigenvalue weighted by molar-refractivity contribution is 0.0852. The van der Waals surface area contributed by atoms with E-state index in [-0.39, 0.29) is 5.56 Å². The lowest BCUT2D eigenvalue weighted by atomic mass is 9.92. The number of pyridine rings is 1. The number of nitrogens with one attached hydrogen (secondary N) is 3. The van der Waals surface area contributed by atoms with Gasteiger partial charge in [0, 0.05) is 60.2 Å². The second-order valence-corrected chi connectivity index (χ2v) is 12.3. The Balaban J connectivity index is 1.31. The summed E-state index contributed by atoms with van der Waals surface area (Å²) in [6.07, 6.45) is 6.45. The molecular weight excluding hydrogens is 546 g/mol. The van der Waals surface area contributed by atoms with Crippen molar-refractivity contribution in [1.82, 2.24) is 19.9 Å². The van der Waals surface area contributed by atoms with Crippen LogP contribution in [0.1, 0.15) is 62.8 Å². The normalized spacial score (nSPS) is 19.3. The first-order valence-corrected chi connectivity index (χ1v) is 16.1. The monoisotopic (exact) mass is 587 g/mol. The summed E-state index contributed by atoms with van der Waals surface area (Å²) in [6.45, 7) is 9.94. The highest BCUT2D eigenvalue weighted by Gasteiger charge is 2.23. The maximum absolute atomic E-state index is 14.0. The third-order valence-electron chi connectivity index (χ3n) is 8.51. The molecule has 0 spiro atoms. The van der Waals surface area contributed by atoms with Crippen molar-refractivity contribution in [3.63, 3.8) is 0 Å². The number of anilines is 4. The summed E-state index contributed by atoms with van der Waals surface area (Å²) in [4.78, 5) is 26.9. The quantitative estimate of drug-likeness (QED) is 0.211. The summed E-state index contributed by atoms with van der Waals surface area (Å²) in [7, 11) is 0. The van der Waals surface area contributed by atoms with E-state index in [1.54, 1.807) is 11.3 Å². The fraction of sp³-hybridized carbons (Fsp3) is 0.469. The molecule has 2 aliphatic rings. The molecule has 2 saturated heterocycles. The molecule has 0 bridgehead atoms. The van der Waals surface area contributed by atoms with Crippen LogP contribution in [0.15, 0.2) is 52.8 Å². The van der Waals surface area contributed by atoms with Crippen molar-refractivity contribution < 1.29 is 4.74 Å². The highest BCUT2D eigenvalue weighted by molar-refractivity contribution is 7.10. The molecule has 0 amide bonds. The highest BCUT2D eigenvalue weighted by atomic mass is 32.1. The van der Waals surface area contributed by atoms with Crippen molar-refractivity contribution in [3.05, 3.63) is 68.8 Å². The van der Waals surface area contributed by atoms with Crippen molar-refractivity contribution in [2.24, 2.45) is 0 Å². The Morgan fingerprint density at radius 3 is 2.55 bits per heavy atom. The third-order valence-corrected chi connectivity index (χ3v) is 9.43. The average molecular weight is 588 g/mol. The zero-order valence-corrected chi connectivity index (χ0v) is 25.5. The van der Waals surface area contributed by atoms with Crippen LogP contribution in [0.4, 0.5) is 23.0 Å². The van der Waals surface area contributed by atoms with Crippen LogP contribution in [-0.2, 0) is 11.3 Å². The van der Waals surface area contributed by atoms with Gasteiger partial charge in [-0.2, -0.15) is 4.98 Å². The van der Waals surface area contributed by atoms with Crippen LogP contribution in [0.5, 0.6) is 0 Å². The largest absolute Gasteiger partial charge is 0.381 e. The predicted octanol–water partition coefficient (Wildman–Crippen LogP) is 5.90. The molecule has 42 heavy (non-hydrogen) atoms. The van der Waals surface area contributed by atoms with Crippen molar-refractivity contribution >= 4 is 45.4 Å². The van der Waals surface area contributed by atoms with Gasteiger partial charge in [0.25, 0.3) is 5.56 Å². The fourth-order valence-corrected chi connectivity index (χ4v) is 7.11. The Labute approximate surface area is 251 Å². The van der Waals surface area contributed by atoms with Crippen LogP contribution in [0, 0.1) is 0 Å². The van der Waals surface area contributed by atoms with E-state index in [1.165, 1.54) is 16.9 Å². The van der Waals surface area contributed by atoms with E-state index in [2.05, 4.69) is 70.2 Å². The Bertz CT molecular complexity index is 1560. The molecule has 6 rings (SSSR count). The molecule has 0 aliphatic carbocycles. The van der Waals surface area contributed by atoms with E-state index in [0.29, 0.717) is 42.0 Å². The molecule has 0 saturated carbocycles. The van der Waals surface area contributed by atoms with E-state index in [9.17, 15) is 4.79 Å². The molecule has 0 radical (unpaired) electrons. The van der Waals surface area contributed by atoms with Gasteiger partial charge in [-0.3, -0.25) is 14.7 Å². The Morgan fingerprint density at radius 1 is 1.07 bits per heavy atom. The number of rotatable bonds is 10. The van der Waals surface area contributed by atoms with Crippen LogP contribution in [-0.4, -0.2) is 53.0 Å². The van der Waals surface area contributed by atoms with Crippen LogP contribution in [0.2, 0.25) is 0 Å². The molecule has 3 aromatic heterocycles. The van der Waals surface area contributed by atoms with Gasteiger partial charge in [0.05, 0.1) is 12.7 Å². The van der Waals surface area contributed by atoms with E-state index in [1.807, 2.05) is 29.0 Å². The van der Waals surface area contributed by atoms with Gasteiger partial charge in [-0.1, -0.05) is 0 Å². The first-order chi connectivity index (χ1) is 20.5. The SMILES string of the molecule is CCN(CC)c1cc2cnc(Nc3ccc(NC4CCC(C)N4)cc3)nc2n(Cc2sccc2C2CCOCC2)c1=O. The Morgan fingerprint density at radius 2 is 1.83 bits per heavy atom. The summed E-state index contributed by atoms with van der Waals surface area (Å²) < 4.78 is 7.45. The second-order valence-electron chi connectivity index (χ2n) is 11.3. The fourth-order valence-electron chi connectivity index (χ4n) is 6.16. The number of nitrogens with zero attached hydrogens (tertiary/aromatic N) is 4. The van der Waals surface area contributed by atoms with Crippen molar-refractivity contribution in [2.45, 2.75) is 71.1 Å². The van der Waals surface area contributed by atoms with Crippen molar-refractivity contribution in [2.75, 3.05) is 41.8 Å². The number of ether oxygens (including phenoxy) is 1. The average Bonchev–Trinajstić information content (AvgIpc) is 3.65. The number of thiophene rings is 1. The van der Waals surface area contributed by atoms with E-state index < -0.39 is 0 Å². The van der Waals surface area contributed by atoms with Gasteiger partial charge in [-0.25, -0.2) is 4.98 Å². The summed E-state index contributed by atoms with van der Waals surface area (Å²) in [6, 6.07) is 12.9. The molecule has 9 nitrogen and oxygen atoms in total. The Kier molecular flexibility index (Phi) is 8.73. The van der Waals surface area contributed by atoms with Gasteiger partial charge in [0.1, 0.15) is 11.3 Å². The van der Waals surface area contributed by atoms with Gasteiger partial charge >= 0.3 is 0 Å². The molecule has 2 fully saturated rings. The van der Waals surface area contributed by atoms with Crippen molar-refractivity contribution in [1.29, 1.82) is 0 Å². The topological polar surface area (TPSA) is 96.3 Å². The minimum atomic E-state index is -0.0209.